The van der Waals surface area contributed by atoms with Crippen LogP contribution in [0.1, 0.15) is 48.3 Å². The van der Waals surface area contributed by atoms with E-state index in [2.05, 4.69) is 10.0 Å². The summed E-state index contributed by atoms with van der Waals surface area (Å²) in [5.74, 6) is -0.166. The molecule has 0 saturated carbocycles. The molecule has 0 aliphatic carbocycles. The number of rotatable bonds is 7. The number of aryl methyl sites for hydroxylation is 1. The van der Waals surface area contributed by atoms with Gasteiger partial charge in [-0.3, -0.25) is 4.79 Å². The van der Waals surface area contributed by atoms with Gasteiger partial charge in [0.1, 0.15) is 10.6 Å². The van der Waals surface area contributed by atoms with Gasteiger partial charge >= 0.3 is 0 Å². The lowest BCUT2D eigenvalue weighted by atomic mass is 10.0. The zero-order chi connectivity index (χ0) is 20.2. The van der Waals surface area contributed by atoms with Crippen molar-refractivity contribution in [2.45, 2.75) is 44.7 Å². The van der Waals surface area contributed by atoms with Crippen molar-refractivity contribution >= 4 is 15.9 Å². The second-order valence-electron chi connectivity index (χ2n) is 6.69. The van der Waals surface area contributed by atoms with Gasteiger partial charge in [0.25, 0.3) is 5.91 Å². The average molecular weight is 391 g/mol. The van der Waals surface area contributed by atoms with E-state index in [1.807, 2.05) is 38.1 Å². The van der Waals surface area contributed by atoms with Gasteiger partial charge in [-0.2, -0.15) is 0 Å². The van der Waals surface area contributed by atoms with Crippen LogP contribution in [0.5, 0.6) is 5.75 Å². The predicted octanol–water partition coefficient (Wildman–Crippen LogP) is 3.18. The van der Waals surface area contributed by atoms with Crippen LogP contribution in [0, 0.1) is 6.92 Å². The van der Waals surface area contributed by atoms with Crippen LogP contribution in [0.25, 0.3) is 0 Å². The molecule has 2 aromatic rings. The molecular formula is C20H26N2O4S. The molecule has 0 heterocycles. The Balaban J connectivity index is 2.32. The van der Waals surface area contributed by atoms with Gasteiger partial charge in [0.05, 0.1) is 13.2 Å². The summed E-state index contributed by atoms with van der Waals surface area (Å²) in [4.78, 5) is 12.6. The maximum atomic E-state index is 12.7. The van der Waals surface area contributed by atoms with Crippen LogP contribution in [0.3, 0.4) is 0 Å². The highest BCUT2D eigenvalue weighted by Gasteiger charge is 2.23. The van der Waals surface area contributed by atoms with Crippen LogP contribution in [-0.4, -0.2) is 27.5 Å². The molecule has 27 heavy (non-hydrogen) atoms. The Morgan fingerprint density at radius 3 is 2.33 bits per heavy atom. The van der Waals surface area contributed by atoms with E-state index in [1.54, 1.807) is 19.9 Å². The van der Waals surface area contributed by atoms with E-state index in [9.17, 15) is 13.2 Å². The van der Waals surface area contributed by atoms with Crippen LogP contribution in [0.15, 0.2) is 47.4 Å². The number of nitrogens with one attached hydrogen (secondary N) is 2. The molecule has 2 aromatic carbocycles. The molecule has 1 atom stereocenters. The molecular weight excluding hydrogens is 364 g/mol. The van der Waals surface area contributed by atoms with Crippen molar-refractivity contribution in [2.24, 2.45) is 0 Å². The molecule has 0 radical (unpaired) electrons. The lowest BCUT2D eigenvalue weighted by molar-refractivity contribution is 0.0939. The number of benzene rings is 2. The normalized spacial score (nSPS) is 12.7. The topological polar surface area (TPSA) is 84.5 Å². The van der Waals surface area contributed by atoms with Crippen molar-refractivity contribution in [1.29, 1.82) is 0 Å². The van der Waals surface area contributed by atoms with Gasteiger partial charge in [-0.05, 0) is 57.0 Å². The van der Waals surface area contributed by atoms with Crippen LogP contribution < -0.4 is 14.8 Å². The number of ether oxygens (including phenoxy) is 1. The summed E-state index contributed by atoms with van der Waals surface area (Å²) in [6, 6.07) is 11.7. The van der Waals surface area contributed by atoms with Crippen LogP contribution in [0.4, 0.5) is 0 Å². The Labute approximate surface area is 161 Å². The highest BCUT2D eigenvalue weighted by Crippen LogP contribution is 2.26. The molecule has 0 aliphatic rings. The summed E-state index contributed by atoms with van der Waals surface area (Å²) in [5, 5.41) is 2.92. The molecule has 7 heteroatoms. The van der Waals surface area contributed by atoms with Crippen molar-refractivity contribution in [3.63, 3.8) is 0 Å². The highest BCUT2D eigenvalue weighted by atomic mass is 32.2. The van der Waals surface area contributed by atoms with Crippen molar-refractivity contribution in [1.82, 2.24) is 10.0 Å². The first-order chi connectivity index (χ1) is 12.7. The van der Waals surface area contributed by atoms with Gasteiger partial charge in [0, 0.05) is 11.6 Å². The number of hydrogen-bond donors (Lipinski definition) is 2. The lowest BCUT2D eigenvalue weighted by Gasteiger charge is -2.18. The minimum Gasteiger partial charge on any atom is -0.495 e. The molecule has 0 aromatic heterocycles. The van der Waals surface area contributed by atoms with Crippen LogP contribution in [0.2, 0.25) is 0 Å². The van der Waals surface area contributed by atoms with E-state index in [0.29, 0.717) is 0 Å². The van der Waals surface area contributed by atoms with Gasteiger partial charge in [-0.25, -0.2) is 13.1 Å². The fourth-order valence-corrected chi connectivity index (χ4v) is 4.28. The second-order valence-corrected chi connectivity index (χ2v) is 8.38. The van der Waals surface area contributed by atoms with Gasteiger partial charge in [-0.1, -0.05) is 24.3 Å². The van der Waals surface area contributed by atoms with E-state index in [1.165, 1.54) is 19.2 Å². The fourth-order valence-electron chi connectivity index (χ4n) is 2.83. The zero-order valence-corrected chi connectivity index (χ0v) is 17.1. The van der Waals surface area contributed by atoms with E-state index in [0.717, 1.165) is 11.1 Å². The minimum absolute atomic E-state index is 0.0603. The Morgan fingerprint density at radius 1 is 1.07 bits per heavy atom. The van der Waals surface area contributed by atoms with Gasteiger partial charge in [-0.15, -0.1) is 0 Å². The first kappa shape index (κ1) is 20.9. The van der Waals surface area contributed by atoms with Crippen molar-refractivity contribution in [2.75, 3.05) is 7.11 Å². The number of hydrogen-bond acceptors (Lipinski definition) is 4. The SMILES string of the molecule is COc1ccc(C(=O)NC(C)c2ccccc2C)cc1S(=O)(=O)NC(C)C. The molecule has 146 valence electrons. The molecule has 2 rings (SSSR count). The lowest BCUT2D eigenvalue weighted by Crippen LogP contribution is -2.31. The Hall–Kier alpha value is -2.38. The number of methoxy groups -OCH3 is 1. The Kier molecular flexibility index (Phi) is 6.62. The molecule has 0 bridgehead atoms. The monoisotopic (exact) mass is 390 g/mol. The average Bonchev–Trinajstić information content (AvgIpc) is 2.60. The summed E-state index contributed by atoms with van der Waals surface area (Å²) in [7, 11) is -2.41. The summed E-state index contributed by atoms with van der Waals surface area (Å²) < 4.78 is 32.8. The van der Waals surface area contributed by atoms with E-state index in [-0.39, 0.29) is 34.2 Å². The Bertz CT molecular complexity index is 923. The quantitative estimate of drug-likeness (QED) is 0.760. The highest BCUT2D eigenvalue weighted by molar-refractivity contribution is 7.89. The smallest absolute Gasteiger partial charge is 0.251 e. The third-order valence-electron chi connectivity index (χ3n) is 4.11. The fraction of sp³-hybridized carbons (Fsp3) is 0.350. The number of carbonyl (C=O) groups excluding carboxylic acids is 1. The zero-order valence-electron chi connectivity index (χ0n) is 16.2. The largest absolute Gasteiger partial charge is 0.495 e. The molecule has 2 N–H and O–H groups in total. The summed E-state index contributed by atoms with van der Waals surface area (Å²) in [6.07, 6.45) is 0. The van der Waals surface area contributed by atoms with Gasteiger partial charge < -0.3 is 10.1 Å². The second kappa shape index (κ2) is 8.54. The van der Waals surface area contributed by atoms with Crippen LogP contribution >= 0.6 is 0 Å². The third kappa shape index (κ3) is 5.08. The van der Waals surface area contributed by atoms with Crippen molar-refractivity contribution in [3.05, 3.63) is 59.2 Å². The van der Waals surface area contributed by atoms with Gasteiger partial charge in [0.15, 0.2) is 0 Å². The molecule has 0 spiro atoms. The maximum Gasteiger partial charge on any atom is 0.251 e. The van der Waals surface area contributed by atoms with E-state index >= 15 is 0 Å². The molecule has 1 unspecified atom stereocenters. The third-order valence-corrected chi connectivity index (χ3v) is 5.79. The maximum absolute atomic E-state index is 12.7. The molecule has 0 saturated heterocycles. The predicted molar refractivity (Wildman–Crippen MR) is 106 cm³/mol. The van der Waals surface area contributed by atoms with Crippen LogP contribution in [-0.2, 0) is 10.0 Å². The Morgan fingerprint density at radius 2 is 1.74 bits per heavy atom. The molecule has 1 amide bonds. The van der Waals surface area contributed by atoms with Gasteiger partial charge in [0.2, 0.25) is 10.0 Å². The summed E-state index contributed by atoms with van der Waals surface area (Å²) in [5.41, 5.74) is 2.33. The van der Waals surface area contributed by atoms with Crippen molar-refractivity contribution < 1.29 is 17.9 Å². The van der Waals surface area contributed by atoms with E-state index < -0.39 is 10.0 Å². The number of carbonyl (C=O) groups is 1. The number of sulfonamides is 1. The summed E-state index contributed by atoms with van der Waals surface area (Å²) in [6.45, 7) is 7.32. The first-order valence-electron chi connectivity index (χ1n) is 8.72. The number of amides is 1. The minimum atomic E-state index is -3.80. The molecule has 0 fully saturated rings. The first-order valence-corrected chi connectivity index (χ1v) is 10.2. The van der Waals surface area contributed by atoms with E-state index in [4.69, 9.17) is 4.74 Å². The summed E-state index contributed by atoms with van der Waals surface area (Å²) >= 11 is 0. The molecule has 6 nitrogen and oxygen atoms in total. The standard InChI is InChI=1S/C20H26N2O4S/c1-13(2)22-27(24,25)19-12-16(10-11-18(19)26-5)20(23)21-15(4)17-9-7-6-8-14(17)3/h6-13,15,22H,1-5H3,(H,21,23). The van der Waals surface area contributed by atoms with Crippen molar-refractivity contribution in [3.8, 4) is 5.75 Å². The molecule has 0 aliphatic heterocycles.